The number of para-hydroxylation sites is 2. The molecule has 0 saturated heterocycles. The molecule has 8 aromatic rings. The van der Waals surface area contributed by atoms with Crippen molar-refractivity contribution in [3.63, 3.8) is 0 Å². The van der Waals surface area contributed by atoms with Gasteiger partial charge in [-0.25, -0.2) is 0 Å². The van der Waals surface area contributed by atoms with Crippen LogP contribution in [-0.2, 0) is 0 Å². The summed E-state index contributed by atoms with van der Waals surface area (Å²) in [5.41, 5.74) is 12.9. The molecule has 222 valence electrons. The van der Waals surface area contributed by atoms with Crippen LogP contribution >= 0.6 is 0 Å². The van der Waals surface area contributed by atoms with Gasteiger partial charge in [0.05, 0.1) is 11.4 Å². The number of nitrogens with zero attached hydrogens (tertiary/aromatic N) is 1. The van der Waals surface area contributed by atoms with E-state index in [0.717, 1.165) is 17.1 Å². The first-order valence-electron chi connectivity index (χ1n) is 16.1. The number of hydrogen-bond donors (Lipinski definition) is 0. The molecule has 0 unspecified atom stereocenters. The van der Waals surface area contributed by atoms with Gasteiger partial charge in [0.15, 0.2) is 0 Å². The first kappa shape index (κ1) is 28.3. The zero-order valence-electron chi connectivity index (χ0n) is 26.0. The average molecular weight is 600 g/mol. The maximum Gasteiger partial charge on any atom is 0.0540 e. The highest BCUT2D eigenvalue weighted by atomic mass is 15.1. The molecule has 0 atom stereocenters. The molecule has 0 bridgehead atoms. The Morgan fingerprint density at radius 3 is 1.49 bits per heavy atom. The van der Waals surface area contributed by atoms with Gasteiger partial charge in [-0.2, -0.15) is 0 Å². The summed E-state index contributed by atoms with van der Waals surface area (Å²) in [5.74, 6) is 0. The van der Waals surface area contributed by atoms with Gasteiger partial charge in [-0.05, 0) is 74.5 Å². The third-order valence-corrected chi connectivity index (χ3v) is 8.86. The Hall–Kier alpha value is -6.18. The van der Waals surface area contributed by atoms with E-state index >= 15 is 0 Å². The second-order valence-corrected chi connectivity index (χ2v) is 11.8. The van der Waals surface area contributed by atoms with Gasteiger partial charge < -0.3 is 4.90 Å². The maximum atomic E-state index is 2.43. The van der Waals surface area contributed by atoms with Gasteiger partial charge >= 0.3 is 0 Å². The van der Waals surface area contributed by atoms with E-state index in [-0.39, 0.29) is 0 Å². The first-order chi connectivity index (χ1) is 23.3. The van der Waals surface area contributed by atoms with Crippen LogP contribution in [0.5, 0.6) is 0 Å². The molecule has 1 nitrogen and oxygen atoms in total. The predicted octanol–water partition coefficient (Wildman–Crippen LogP) is 13.0. The summed E-state index contributed by atoms with van der Waals surface area (Å²) in [7, 11) is 0. The summed E-state index contributed by atoms with van der Waals surface area (Å²) in [6, 6.07) is 71.9. The number of fused-ring (bicyclic) bond motifs is 1. The topological polar surface area (TPSA) is 3.24 Å². The Bertz CT molecular complexity index is 2300. The van der Waals surface area contributed by atoms with Crippen LogP contribution in [-0.4, -0.2) is 0 Å². The van der Waals surface area contributed by atoms with Crippen LogP contribution in [0.25, 0.3) is 55.3 Å². The lowest BCUT2D eigenvalue weighted by atomic mass is 9.95. The molecule has 8 aromatic carbocycles. The molecule has 0 aromatic heterocycles. The van der Waals surface area contributed by atoms with Crippen LogP contribution in [0.3, 0.4) is 0 Å². The highest BCUT2D eigenvalue weighted by Crippen LogP contribution is 2.45. The molecule has 0 aliphatic carbocycles. The molecule has 0 heterocycles. The quantitative estimate of drug-likeness (QED) is 0.176. The Balaban J connectivity index is 1.35. The fourth-order valence-corrected chi connectivity index (χ4v) is 6.64. The molecule has 0 aliphatic heterocycles. The minimum absolute atomic E-state index is 1.10. The summed E-state index contributed by atoms with van der Waals surface area (Å²) in [6.45, 7) is 0. The molecular formula is C46H33N. The van der Waals surface area contributed by atoms with Crippen LogP contribution in [0.4, 0.5) is 17.1 Å². The van der Waals surface area contributed by atoms with Crippen molar-refractivity contribution in [1.29, 1.82) is 0 Å². The highest BCUT2D eigenvalue weighted by molar-refractivity contribution is 5.99. The molecule has 0 saturated carbocycles. The van der Waals surface area contributed by atoms with Crippen LogP contribution in [0.2, 0.25) is 0 Å². The van der Waals surface area contributed by atoms with Gasteiger partial charge in [0, 0.05) is 16.8 Å². The average Bonchev–Trinajstić information content (AvgIpc) is 3.16. The minimum Gasteiger partial charge on any atom is -0.309 e. The van der Waals surface area contributed by atoms with Gasteiger partial charge in [0.25, 0.3) is 0 Å². The number of anilines is 3. The van der Waals surface area contributed by atoms with Gasteiger partial charge in [-0.1, -0.05) is 170 Å². The van der Waals surface area contributed by atoms with Crippen LogP contribution in [0.15, 0.2) is 200 Å². The third kappa shape index (κ3) is 5.60. The van der Waals surface area contributed by atoms with Crippen molar-refractivity contribution >= 4 is 27.8 Å². The fraction of sp³-hybridized carbons (Fsp3) is 0. The Morgan fingerprint density at radius 2 is 0.745 bits per heavy atom. The van der Waals surface area contributed by atoms with Gasteiger partial charge in [-0.15, -0.1) is 0 Å². The molecule has 47 heavy (non-hydrogen) atoms. The van der Waals surface area contributed by atoms with E-state index in [1.54, 1.807) is 0 Å². The SMILES string of the molecule is c1ccc(-c2cccc(-c3ccccc3N(c3cccc(-c4cccc5ccccc45)c3)c3ccccc3-c3ccccc3)c2)cc1. The van der Waals surface area contributed by atoms with Crippen LogP contribution in [0, 0.1) is 0 Å². The zero-order chi connectivity index (χ0) is 31.4. The molecule has 0 amide bonds. The molecular weight excluding hydrogens is 567 g/mol. The van der Waals surface area contributed by atoms with E-state index < -0.39 is 0 Å². The minimum atomic E-state index is 1.10. The largest absolute Gasteiger partial charge is 0.309 e. The molecule has 8 rings (SSSR count). The van der Waals surface area contributed by atoms with Crippen molar-refractivity contribution in [1.82, 2.24) is 0 Å². The monoisotopic (exact) mass is 599 g/mol. The molecule has 1 heteroatoms. The zero-order valence-corrected chi connectivity index (χ0v) is 26.0. The lowest BCUT2D eigenvalue weighted by Crippen LogP contribution is -2.12. The van der Waals surface area contributed by atoms with Crippen molar-refractivity contribution in [3.8, 4) is 44.5 Å². The summed E-state index contributed by atoms with van der Waals surface area (Å²) < 4.78 is 0. The van der Waals surface area contributed by atoms with Crippen molar-refractivity contribution in [2.24, 2.45) is 0 Å². The molecule has 0 fully saturated rings. The molecule has 0 N–H and O–H groups in total. The summed E-state index contributed by atoms with van der Waals surface area (Å²) in [4.78, 5) is 2.43. The standard InChI is InChI=1S/C46H33N/c1-3-16-34(17-4-1)37-22-13-23-38(32-37)44-28-10-12-31-46(44)47(45-30-11-9-27-43(45)36-18-5-2-6-19-36)40-25-14-24-39(33-40)42-29-15-21-35-20-7-8-26-41(35)42/h1-33H. The number of rotatable bonds is 7. The fourth-order valence-electron chi connectivity index (χ4n) is 6.64. The van der Waals surface area contributed by atoms with E-state index in [9.17, 15) is 0 Å². The Kier molecular flexibility index (Phi) is 7.63. The van der Waals surface area contributed by atoms with Crippen molar-refractivity contribution in [3.05, 3.63) is 200 Å². The molecule has 0 aliphatic rings. The van der Waals surface area contributed by atoms with Gasteiger partial charge in [0.2, 0.25) is 0 Å². The number of benzene rings is 8. The first-order valence-corrected chi connectivity index (χ1v) is 16.1. The Labute approximate surface area is 276 Å². The summed E-state index contributed by atoms with van der Waals surface area (Å²) in [5, 5.41) is 2.49. The lowest BCUT2D eigenvalue weighted by molar-refractivity contribution is 1.28. The van der Waals surface area contributed by atoms with Crippen LogP contribution < -0.4 is 4.90 Å². The maximum absolute atomic E-state index is 2.43. The van der Waals surface area contributed by atoms with Gasteiger partial charge in [0.1, 0.15) is 0 Å². The third-order valence-electron chi connectivity index (χ3n) is 8.86. The van der Waals surface area contributed by atoms with Crippen LogP contribution in [0.1, 0.15) is 0 Å². The summed E-state index contributed by atoms with van der Waals surface area (Å²) >= 11 is 0. The normalized spacial score (nSPS) is 11.0. The summed E-state index contributed by atoms with van der Waals surface area (Å²) in [6.07, 6.45) is 0. The Morgan fingerprint density at radius 1 is 0.277 bits per heavy atom. The second-order valence-electron chi connectivity index (χ2n) is 11.8. The van der Waals surface area contributed by atoms with Crippen molar-refractivity contribution in [2.45, 2.75) is 0 Å². The van der Waals surface area contributed by atoms with E-state index in [0.29, 0.717) is 0 Å². The van der Waals surface area contributed by atoms with Crippen molar-refractivity contribution < 1.29 is 0 Å². The van der Waals surface area contributed by atoms with E-state index in [1.807, 2.05) is 0 Å². The van der Waals surface area contributed by atoms with Gasteiger partial charge in [-0.3, -0.25) is 0 Å². The second kappa shape index (κ2) is 12.7. The molecule has 0 spiro atoms. The smallest absolute Gasteiger partial charge is 0.0540 e. The highest BCUT2D eigenvalue weighted by Gasteiger charge is 2.21. The predicted molar refractivity (Wildman–Crippen MR) is 200 cm³/mol. The van der Waals surface area contributed by atoms with Crippen molar-refractivity contribution in [2.75, 3.05) is 4.90 Å². The van der Waals surface area contributed by atoms with E-state index in [2.05, 4.69) is 205 Å². The van der Waals surface area contributed by atoms with E-state index in [4.69, 9.17) is 0 Å². The number of hydrogen-bond acceptors (Lipinski definition) is 1. The van der Waals surface area contributed by atoms with E-state index in [1.165, 1.54) is 55.3 Å². The molecule has 0 radical (unpaired) electrons. The lowest BCUT2D eigenvalue weighted by Gasteiger charge is -2.30.